The zero-order valence-electron chi connectivity index (χ0n) is 13.9. The fourth-order valence-electron chi connectivity index (χ4n) is 3.08. The molecular formula is C18H18N6O. The predicted molar refractivity (Wildman–Crippen MR) is 91.4 cm³/mol. The number of hydrogen-bond acceptors (Lipinski definition) is 5. The average Bonchev–Trinajstić information content (AvgIpc) is 3.13. The number of carbonyl (C=O) groups excluding carboxylic acids is 1. The summed E-state index contributed by atoms with van der Waals surface area (Å²) in [5.41, 5.74) is 3.63. The molecule has 3 aromatic rings. The number of nitrogens with one attached hydrogen (secondary N) is 1. The van der Waals surface area contributed by atoms with Crippen molar-refractivity contribution >= 4 is 5.91 Å². The summed E-state index contributed by atoms with van der Waals surface area (Å²) in [6.45, 7) is 1.90. The lowest BCUT2D eigenvalue weighted by atomic mass is 9.92. The van der Waals surface area contributed by atoms with Crippen LogP contribution in [0.2, 0.25) is 0 Å². The third-order valence-electron chi connectivity index (χ3n) is 4.38. The molecule has 1 N–H and O–H groups in total. The Balaban J connectivity index is 1.44. The average molecular weight is 334 g/mol. The summed E-state index contributed by atoms with van der Waals surface area (Å²) >= 11 is 0. The third-order valence-corrected chi connectivity index (χ3v) is 4.38. The zero-order chi connectivity index (χ0) is 17.2. The summed E-state index contributed by atoms with van der Waals surface area (Å²) in [4.78, 5) is 25.2. The second-order valence-corrected chi connectivity index (χ2v) is 6.18. The standard InChI is InChI=1S/C18H18N6O/c1-12-20-9-13-8-15(2-3-17(13)22-12)23-18(25)14-10-21-24(11-14)16-4-6-19-7-5-16/h4-7,9-11,15H,2-3,8H2,1H3,(H,23,25). The fourth-order valence-corrected chi connectivity index (χ4v) is 3.08. The van der Waals surface area contributed by atoms with Crippen LogP contribution in [0.15, 0.2) is 43.1 Å². The van der Waals surface area contributed by atoms with E-state index in [9.17, 15) is 4.79 Å². The summed E-state index contributed by atoms with van der Waals surface area (Å²) < 4.78 is 1.67. The Hall–Kier alpha value is -3.09. The summed E-state index contributed by atoms with van der Waals surface area (Å²) in [5.74, 6) is 0.687. The number of nitrogens with zero attached hydrogens (tertiary/aromatic N) is 5. The minimum Gasteiger partial charge on any atom is -0.349 e. The van der Waals surface area contributed by atoms with Crippen LogP contribution in [0.3, 0.4) is 0 Å². The Morgan fingerprint density at radius 3 is 2.96 bits per heavy atom. The molecule has 3 aromatic heterocycles. The van der Waals surface area contributed by atoms with Gasteiger partial charge in [0.15, 0.2) is 0 Å². The molecule has 25 heavy (non-hydrogen) atoms. The third kappa shape index (κ3) is 3.26. The highest BCUT2D eigenvalue weighted by atomic mass is 16.1. The van der Waals surface area contributed by atoms with Crippen molar-refractivity contribution in [1.29, 1.82) is 0 Å². The van der Waals surface area contributed by atoms with Crippen molar-refractivity contribution in [2.75, 3.05) is 0 Å². The molecule has 0 aromatic carbocycles. The lowest BCUT2D eigenvalue weighted by Gasteiger charge is -2.24. The van der Waals surface area contributed by atoms with Crippen molar-refractivity contribution in [3.63, 3.8) is 0 Å². The quantitative estimate of drug-likeness (QED) is 0.787. The monoisotopic (exact) mass is 334 g/mol. The van der Waals surface area contributed by atoms with Gasteiger partial charge < -0.3 is 5.32 Å². The van der Waals surface area contributed by atoms with Gasteiger partial charge in [0, 0.05) is 36.5 Å². The minimum absolute atomic E-state index is 0.0931. The van der Waals surface area contributed by atoms with E-state index in [1.54, 1.807) is 29.5 Å². The van der Waals surface area contributed by atoms with Gasteiger partial charge in [0.05, 0.1) is 17.4 Å². The molecule has 0 saturated heterocycles. The van der Waals surface area contributed by atoms with Crippen molar-refractivity contribution in [3.8, 4) is 5.69 Å². The molecule has 4 rings (SSSR count). The van der Waals surface area contributed by atoms with Crippen molar-refractivity contribution in [2.45, 2.75) is 32.2 Å². The highest BCUT2D eigenvalue weighted by Gasteiger charge is 2.22. The first-order chi connectivity index (χ1) is 12.2. The van der Waals surface area contributed by atoms with Crippen LogP contribution in [0.5, 0.6) is 0 Å². The van der Waals surface area contributed by atoms with Crippen LogP contribution in [0.4, 0.5) is 0 Å². The van der Waals surface area contributed by atoms with Gasteiger partial charge in [-0.25, -0.2) is 14.6 Å². The van der Waals surface area contributed by atoms with Crippen molar-refractivity contribution in [3.05, 3.63) is 65.8 Å². The molecule has 1 amide bonds. The summed E-state index contributed by atoms with van der Waals surface area (Å²) in [6, 6.07) is 3.78. The largest absolute Gasteiger partial charge is 0.349 e. The van der Waals surface area contributed by atoms with Crippen LogP contribution in [-0.2, 0) is 12.8 Å². The smallest absolute Gasteiger partial charge is 0.254 e. The molecule has 0 fully saturated rings. The maximum Gasteiger partial charge on any atom is 0.254 e. The van der Waals surface area contributed by atoms with E-state index < -0.39 is 0 Å². The number of aromatic nitrogens is 5. The zero-order valence-corrected chi connectivity index (χ0v) is 13.9. The number of pyridine rings is 1. The Morgan fingerprint density at radius 2 is 2.12 bits per heavy atom. The highest BCUT2D eigenvalue weighted by molar-refractivity contribution is 5.94. The Labute approximate surface area is 145 Å². The van der Waals surface area contributed by atoms with E-state index in [4.69, 9.17) is 0 Å². The highest BCUT2D eigenvalue weighted by Crippen LogP contribution is 2.19. The molecule has 1 unspecified atom stereocenters. The maximum atomic E-state index is 12.5. The minimum atomic E-state index is -0.109. The molecule has 0 aliphatic heterocycles. The number of fused-ring (bicyclic) bond motifs is 1. The second kappa shape index (κ2) is 6.43. The van der Waals surface area contributed by atoms with Gasteiger partial charge in [-0.05, 0) is 43.9 Å². The predicted octanol–water partition coefficient (Wildman–Crippen LogP) is 1.65. The Bertz CT molecular complexity index is 905. The molecule has 0 bridgehead atoms. The van der Waals surface area contributed by atoms with E-state index in [2.05, 4.69) is 25.4 Å². The second-order valence-electron chi connectivity index (χ2n) is 6.18. The Morgan fingerprint density at radius 1 is 1.28 bits per heavy atom. The van der Waals surface area contributed by atoms with E-state index in [0.29, 0.717) is 5.56 Å². The summed E-state index contributed by atoms with van der Waals surface area (Å²) in [7, 11) is 0. The summed E-state index contributed by atoms with van der Waals surface area (Å²) in [6.07, 6.45) is 11.1. The van der Waals surface area contributed by atoms with E-state index in [-0.39, 0.29) is 11.9 Å². The van der Waals surface area contributed by atoms with Gasteiger partial charge in [0.25, 0.3) is 5.91 Å². The van der Waals surface area contributed by atoms with Gasteiger partial charge in [0.2, 0.25) is 0 Å². The molecular weight excluding hydrogens is 316 g/mol. The topological polar surface area (TPSA) is 85.6 Å². The van der Waals surface area contributed by atoms with Gasteiger partial charge in [0.1, 0.15) is 5.82 Å². The first-order valence-electron chi connectivity index (χ1n) is 8.26. The van der Waals surface area contributed by atoms with E-state index >= 15 is 0 Å². The van der Waals surface area contributed by atoms with Crippen molar-refractivity contribution in [1.82, 2.24) is 30.0 Å². The molecule has 7 heteroatoms. The Kier molecular flexibility index (Phi) is 3.97. The number of amides is 1. The van der Waals surface area contributed by atoms with Crippen LogP contribution in [0.25, 0.3) is 5.69 Å². The normalized spacial score (nSPS) is 16.3. The van der Waals surface area contributed by atoms with E-state index in [0.717, 1.165) is 42.0 Å². The molecule has 1 aliphatic carbocycles. The maximum absolute atomic E-state index is 12.5. The van der Waals surface area contributed by atoms with Gasteiger partial charge in [-0.2, -0.15) is 5.10 Å². The van der Waals surface area contributed by atoms with Gasteiger partial charge in [-0.1, -0.05) is 0 Å². The first kappa shape index (κ1) is 15.4. The van der Waals surface area contributed by atoms with E-state index in [1.807, 2.05) is 25.3 Å². The lowest BCUT2D eigenvalue weighted by Crippen LogP contribution is -2.39. The molecule has 0 radical (unpaired) electrons. The van der Waals surface area contributed by atoms with Gasteiger partial charge in [-0.15, -0.1) is 0 Å². The molecule has 1 atom stereocenters. The number of carbonyl (C=O) groups is 1. The van der Waals surface area contributed by atoms with Crippen LogP contribution in [0, 0.1) is 6.92 Å². The first-order valence-corrected chi connectivity index (χ1v) is 8.26. The van der Waals surface area contributed by atoms with E-state index in [1.165, 1.54) is 0 Å². The van der Waals surface area contributed by atoms with Crippen molar-refractivity contribution < 1.29 is 4.79 Å². The van der Waals surface area contributed by atoms with Crippen LogP contribution >= 0.6 is 0 Å². The molecule has 0 saturated carbocycles. The molecule has 0 spiro atoms. The molecule has 7 nitrogen and oxygen atoms in total. The van der Waals surface area contributed by atoms with Crippen molar-refractivity contribution in [2.24, 2.45) is 0 Å². The van der Waals surface area contributed by atoms with Crippen LogP contribution < -0.4 is 5.32 Å². The van der Waals surface area contributed by atoms with Gasteiger partial charge in [-0.3, -0.25) is 9.78 Å². The SMILES string of the molecule is Cc1ncc2c(n1)CCC(NC(=O)c1cnn(-c3ccncc3)c1)C2. The molecule has 126 valence electrons. The fraction of sp³-hybridized carbons (Fsp3) is 0.278. The van der Waals surface area contributed by atoms with Crippen LogP contribution in [0.1, 0.15) is 33.9 Å². The number of aryl methyl sites for hydroxylation is 2. The molecule has 1 aliphatic rings. The lowest BCUT2D eigenvalue weighted by molar-refractivity contribution is 0.0933. The molecule has 3 heterocycles. The summed E-state index contributed by atoms with van der Waals surface area (Å²) in [5, 5.41) is 7.35. The number of rotatable bonds is 3. The van der Waals surface area contributed by atoms with Gasteiger partial charge >= 0.3 is 0 Å². The number of hydrogen-bond donors (Lipinski definition) is 1. The van der Waals surface area contributed by atoms with Crippen LogP contribution in [-0.4, -0.2) is 36.7 Å².